The number of aryl methyl sites for hydroxylation is 2. The third-order valence-corrected chi connectivity index (χ3v) is 4.92. The van der Waals surface area contributed by atoms with E-state index in [0.29, 0.717) is 12.8 Å². The van der Waals surface area contributed by atoms with Gasteiger partial charge in [0, 0.05) is 37.0 Å². The zero-order valence-corrected chi connectivity index (χ0v) is 17.3. The molecule has 5 heteroatoms. The molecule has 1 atom stereocenters. The van der Waals surface area contributed by atoms with Crippen molar-refractivity contribution >= 4 is 17.4 Å². The van der Waals surface area contributed by atoms with Crippen LogP contribution in [0.1, 0.15) is 57.0 Å². The number of benzene rings is 1. The Balaban J connectivity index is 1.90. The summed E-state index contributed by atoms with van der Waals surface area (Å²) in [6.07, 6.45) is 4.77. The molecule has 3 rings (SSSR count). The second kappa shape index (κ2) is 7.66. The summed E-state index contributed by atoms with van der Waals surface area (Å²) >= 11 is 0. The van der Waals surface area contributed by atoms with Crippen molar-refractivity contribution in [3.05, 3.63) is 65.6 Å². The average molecular weight is 380 g/mol. The number of hydrogen-bond donors (Lipinski definition) is 1. The van der Waals surface area contributed by atoms with Crippen molar-refractivity contribution in [1.29, 1.82) is 0 Å². The summed E-state index contributed by atoms with van der Waals surface area (Å²) in [7, 11) is 1.92. The van der Waals surface area contributed by atoms with Gasteiger partial charge in [-0.25, -0.2) is 0 Å². The van der Waals surface area contributed by atoms with E-state index in [1.54, 1.807) is 4.90 Å². The first-order chi connectivity index (χ1) is 13.2. The van der Waals surface area contributed by atoms with Crippen LogP contribution in [0.2, 0.25) is 0 Å². The van der Waals surface area contributed by atoms with Crippen LogP contribution in [0.4, 0.5) is 0 Å². The zero-order valence-electron chi connectivity index (χ0n) is 17.3. The van der Waals surface area contributed by atoms with E-state index < -0.39 is 6.04 Å². The lowest BCUT2D eigenvalue weighted by Crippen LogP contribution is -2.49. The smallest absolute Gasteiger partial charge is 0.249 e. The highest BCUT2D eigenvalue weighted by Crippen LogP contribution is 2.36. The van der Waals surface area contributed by atoms with Crippen molar-refractivity contribution in [2.75, 3.05) is 0 Å². The largest absolute Gasteiger partial charge is 0.352 e. The number of fused-ring (bicyclic) bond motifs is 1. The van der Waals surface area contributed by atoms with Crippen LogP contribution in [0.3, 0.4) is 0 Å². The minimum Gasteiger partial charge on any atom is -0.352 e. The number of amides is 2. The van der Waals surface area contributed by atoms with Crippen molar-refractivity contribution in [2.45, 2.75) is 52.1 Å². The number of aromatic nitrogens is 1. The third kappa shape index (κ3) is 4.19. The van der Waals surface area contributed by atoms with Crippen LogP contribution in [-0.4, -0.2) is 26.8 Å². The van der Waals surface area contributed by atoms with E-state index in [2.05, 4.69) is 5.32 Å². The van der Waals surface area contributed by atoms with Crippen LogP contribution < -0.4 is 5.32 Å². The molecular weight excluding hydrogens is 350 g/mol. The van der Waals surface area contributed by atoms with Crippen molar-refractivity contribution in [1.82, 2.24) is 14.8 Å². The third-order valence-electron chi connectivity index (χ3n) is 4.92. The molecule has 0 aliphatic carbocycles. The Morgan fingerprint density at radius 1 is 1.11 bits per heavy atom. The molecule has 5 nitrogen and oxygen atoms in total. The minimum absolute atomic E-state index is 0.0517. The van der Waals surface area contributed by atoms with E-state index in [4.69, 9.17) is 0 Å². The van der Waals surface area contributed by atoms with Gasteiger partial charge in [-0.05, 0) is 51.3 Å². The molecule has 1 aliphatic heterocycles. The van der Waals surface area contributed by atoms with E-state index >= 15 is 0 Å². The molecule has 0 fully saturated rings. The van der Waals surface area contributed by atoms with Crippen LogP contribution in [-0.2, 0) is 23.1 Å². The monoisotopic (exact) mass is 379 g/mol. The molecule has 0 spiro atoms. The Hall–Kier alpha value is -2.82. The fourth-order valence-electron chi connectivity index (χ4n) is 3.63. The van der Waals surface area contributed by atoms with Gasteiger partial charge in [0.1, 0.15) is 0 Å². The topological polar surface area (TPSA) is 54.3 Å². The maximum absolute atomic E-state index is 13.2. The Morgan fingerprint density at radius 2 is 1.79 bits per heavy atom. The van der Waals surface area contributed by atoms with Gasteiger partial charge in [-0.2, -0.15) is 0 Å². The SMILES string of the molecule is CC1=CN(C(=O)CCc2ccccc2)C(C(=O)NC(C)(C)C)c2c1ccn2C. The van der Waals surface area contributed by atoms with Crippen LogP contribution in [0, 0.1) is 0 Å². The molecule has 1 aromatic heterocycles. The summed E-state index contributed by atoms with van der Waals surface area (Å²) in [5, 5.41) is 3.04. The van der Waals surface area contributed by atoms with Crippen molar-refractivity contribution < 1.29 is 9.59 Å². The van der Waals surface area contributed by atoms with E-state index in [1.165, 1.54) is 0 Å². The molecule has 0 radical (unpaired) electrons. The van der Waals surface area contributed by atoms with Crippen LogP contribution in [0.25, 0.3) is 5.57 Å². The maximum Gasteiger partial charge on any atom is 0.249 e. The highest BCUT2D eigenvalue weighted by molar-refractivity contribution is 5.93. The Kier molecular flexibility index (Phi) is 5.45. The number of nitrogens with zero attached hydrogens (tertiary/aromatic N) is 2. The van der Waals surface area contributed by atoms with Gasteiger partial charge in [0.05, 0.1) is 5.69 Å². The summed E-state index contributed by atoms with van der Waals surface area (Å²) in [6.45, 7) is 7.82. The molecule has 148 valence electrons. The Labute approximate surface area is 167 Å². The molecule has 1 aliphatic rings. The number of carbonyl (C=O) groups excluding carboxylic acids is 2. The van der Waals surface area contributed by atoms with Gasteiger partial charge in [0.15, 0.2) is 6.04 Å². The summed E-state index contributed by atoms with van der Waals surface area (Å²) < 4.78 is 1.94. The van der Waals surface area contributed by atoms with Gasteiger partial charge < -0.3 is 14.8 Å². The number of nitrogens with one attached hydrogen (secondary N) is 1. The average Bonchev–Trinajstić information content (AvgIpc) is 3.01. The number of hydrogen-bond acceptors (Lipinski definition) is 2. The van der Waals surface area contributed by atoms with E-state index in [-0.39, 0.29) is 17.4 Å². The Bertz CT molecular complexity index is 904. The van der Waals surface area contributed by atoms with Gasteiger partial charge in [0.2, 0.25) is 11.8 Å². The van der Waals surface area contributed by atoms with Crippen molar-refractivity contribution in [3.63, 3.8) is 0 Å². The molecule has 1 N–H and O–H groups in total. The van der Waals surface area contributed by atoms with Gasteiger partial charge in [-0.15, -0.1) is 0 Å². The minimum atomic E-state index is -0.666. The molecular formula is C23H29N3O2. The molecule has 0 saturated heterocycles. The second-order valence-corrected chi connectivity index (χ2v) is 8.47. The highest BCUT2D eigenvalue weighted by Gasteiger charge is 2.38. The normalized spacial score (nSPS) is 16.4. The first kappa shape index (κ1) is 19.9. The van der Waals surface area contributed by atoms with E-state index in [0.717, 1.165) is 22.4 Å². The van der Waals surface area contributed by atoms with E-state index in [1.807, 2.05) is 88.1 Å². The molecule has 2 amide bonds. The maximum atomic E-state index is 13.2. The predicted octanol–water partition coefficient (Wildman–Crippen LogP) is 3.82. The molecule has 1 unspecified atom stereocenters. The summed E-state index contributed by atoms with van der Waals surface area (Å²) in [5.41, 5.74) is 3.60. The van der Waals surface area contributed by atoms with Crippen LogP contribution >= 0.6 is 0 Å². The van der Waals surface area contributed by atoms with Crippen molar-refractivity contribution in [3.8, 4) is 0 Å². The van der Waals surface area contributed by atoms with Gasteiger partial charge in [-0.3, -0.25) is 9.59 Å². The highest BCUT2D eigenvalue weighted by atomic mass is 16.2. The standard InChI is InChI=1S/C23H29N3O2/c1-16-15-26(19(27)12-11-17-9-7-6-8-10-17)21(22(28)24-23(2,3)4)20-18(16)13-14-25(20)5/h6-10,13-15,21H,11-12H2,1-5H3,(H,24,28). The van der Waals surface area contributed by atoms with Crippen LogP contribution in [0.15, 0.2) is 48.8 Å². The second-order valence-electron chi connectivity index (χ2n) is 8.47. The summed E-state index contributed by atoms with van der Waals surface area (Å²) in [6, 6.07) is 11.3. The lowest BCUT2D eigenvalue weighted by molar-refractivity contribution is -0.138. The molecule has 0 bridgehead atoms. The summed E-state index contributed by atoms with van der Waals surface area (Å²) in [4.78, 5) is 27.9. The molecule has 1 aromatic carbocycles. The fraction of sp³-hybridized carbons (Fsp3) is 0.391. The molecule has 0 saturated carbocycles. The van der Waals surface area contributed by atoms with Crippen molar-refractivity contribution in [2.24, 2.45) is 7.05 Å². The number of carbonyl (C=O) groups is 2. The fourth-order valence-corrected chi connectivity index (χ4v) is 3.63. The first-order valence-corrected chi connectivity index (χ1v) is 9.68. The molecule has 28 heavy (non-hydrogen) atoms. The van der Waals surface area contributed by atoms with Gasteiger partial charge in [0.25, 0.3) is 0 Å². The van der Waals surface area contributed by atoms with Gasteiger partial charge in [-0.1, -0.05) is 30.3 Å². The zero-order chi connectivity index (χ0) is 20.5. The number of allylic oxidation sites excluding steroid dienone is 1. The quantitative estimate of drug-likeness (QED) is 0.878. The first-order valence-electron chi connectivity index (χ1n) is 9.68. The van der Waals surface area contributed by atoms with Crippen LogP contribution in [0.5, 0.6) is 0 Å². The van der Waals surface area contributed by atoms with E-state index in [9.17, 15) is 9.59 Å². The summed E-state index contributed by atoms with van der Waals surface area (Å²) in [5.74, 6) is -0.212. The Morgan fingerprint density at radius 3 is 2.43 bits per heavy atom. The lowest BCUT2D eigenvalue weighted by atomic mass is 9.96. The predicted molar refractivity (Wildman–Crippen MR) is 111 cm³/mol. The van der Waals surface area contributed by atoms with Gasteiger partial charge >= 0.3 is 0 Å². The lowest BCUT2D eigenvalue weighted by Gasteiger charge is -2.35. The number of rotatable bonds is 4. The molecule has 2 aromatic rings. The molecule has 2 heterocycles.